The number of hydrogen-bond donors (Lipinski definition) is 2. The number of pyridine rings is 1. The van der Waals surface area contributed by atoms with Crippen LogP contribution in [0.1, 0.15) is 15.9 Å². The smallest absolute Gasteiger partial charge is 0.257 e. The van der Waals surface area contributed by atoms with Gasteiger partial charge in [-0.15, -0.1) is 0 Å². The molecule has 2 aromatic carbocycles. The number of carbonyl (C=O) groups is 1. The molecule has 3 rings (SSSR count). The summed E-state index contributed by atoms with van der Waals surface area (Å²) in [7, 11) is 0. The predicted octanol–water partition coefficient (Wildman–Crippen LogP) is 4.74. The van der Waals surface area contributed by atoms with Gasteiger partial charge in [-0.05, 0) is 42.0 Å². The van der Waals surface area contributed by atoms with Crippen LogP contribution in [0.3, 0.4) is 0 Å². The second-order valence-corrected chi connectivity index (χ2v) is 5.84. The molecule has 3 aromatic rings. The minimum Gasteiger partial charge on any atom is -0.380 e. The van der Waals surface area contributed by atoms with Crippen molar-refractivity contribution in [3.63, 3.8) is 0 Å². The summed E-state index contributed by atoms with van der Waals surface area (Å²) in [6.45, 7) is 0.577. The number of halogens is 2. The van der Waals surface area contributed by atoms with Crippen molar-refractivity contribution in [3.8, 4) is 0 Å². The molecule has 0 radical (unpaired) electrons. The summed E-state index contributed by atoms with van der Waals surface area (Å²) >= 11 is 5.86. The van der Waals surface area contributed by atoms with Gasteiger partial charge in [0.1, 0.15) is 5.82 Å². The summed E-state index contributed by atoms with van der Waals surface area (Å²) in [5.41, 5.74) is 2.54. The zero-order valence-corrected chi connectivity index (χ0v) is 13.9. The van der Waals surface area contributed by atoms with Gasteiger partial charge in [0.05, 0.1) is 11.3 Å². The number of anilines is 2. The van der Waals surface area contributed by atoms with E-state index in [0.29, 0.717) is 28.5 Å². The average Bonchev–Trinajstić information content (AvgIpc) is 2.61. The Morgan fingerprint density at radius 1 is 1.04 bits per heavy atom. The van der Waals surface area contributed by atoms with Crippen LogP contribution in [0.5, 0.6) is 0 Å². The molecule has 1 amide bonds. The van der Waals surface area contributed by atoms with Gasteiger partial charge in [-0.1, -0.05) is 29.8 Å². The van der Waals surface area contributed by atoms with E-state index >= 15 is 0 Å². The summed E-state index contributed by atoms with van der Waals surface area (Å²) in [4.78, 5) is 16.3. The van der Waals surface area contributed by atoms with Crippen molar-refractivity contribution >= 4 is 28.9 Å². The molecule has 1 heterocycles. The van der Waals surface area contributed by atoms with E-state index in [-0.39, 0.29) is 5.91 Å². The number of hydrogen-bond acceptors (Lipinski definition) is 3. The summed E-state index contributed by atoms with van der Waals surface area (Å²) in [6.07, 6.45) is 3.09. The van der Waals surface area contributed by atoms with Gasteiger partial charge in [0.25, 0.3) is 5.91 Å². The standard InChI is InChI=1S/C19H15ClFN3O/c20-15-6-4-13(5-7-15)10-23-18-8-14(11-22-12-18)19(25)24-17-3-1-2-16(21)9-17/h1-9,11-12,23H,10H2,(H,24,25). The molecule has 0 spiro atoms. The van der Waals surface area contributed by atoms with Gasteiger partial charge >= 0.3 is 0 Å². The Hall–Kier alpha value is -2.92. The number of nitrogens with zero attached hydrogens (tertiary/aromatic N) is 1. The molecule has 1 aromatic heterocycles. The molecule has 0 aliphatic carbocycles. The molecule has 6 heteroatoms. The van der Waals surface area contributed by atoms with E-state index in [0.717, 1.165) is 5.56 Å². The zero-order valence-electron chi connectivity index (χ0n) is 13.2. The first-order chi connectivity index (χ1) is 12.1. The van der Waals surface area contributed by atoms with Crippen LogP contribution >= 0.6 is 11.6 Å². The summed E-state index contributed by atoms with van der Waals surface area (Å²) in [6, 6.07) is 14.9. The highest BCUT2D eigenvalue weighted by Crippen LogP contribution is 2.15. The maximum absolute atomic E-state index is 13.2. The minimum atomic E-state index is -0.408. The van der Waals surface area contributed by atoms with Crippen LogP contribution in [0.15, 0.2) is 67.0 Å². The predicted molar refractivity (Wildman–Crippen MR) is 97.4 cm³/mol. The molecule has 0 fully saturated rings. The third-order valence-corrected chi connectivity index (χ3v) is 3.74. The quantitative estimate of drug-likeness (QED) is 0.695. The Labute approximate surface area is 149 Å². The molecular weight excluding hydrogens is 341 g/mol. The topological polar surface area (TPSA) is 54.0 Å². The van der Waals surface area contributed by atoms with Gasteiger partial charge < -0.3 is 10.6 Å². The van der Waals surface area contributed by atoms with Gasteiger partial charge in [-0.25, -0.2) is 4.39 Å². The number of carbonyl (C=O) groups excluding carboxylic acids is 1. The third kappa shape index (κ3) is 4.78. The number of aromatic nitrogens is 1. The number of rotatable bonds is 5. The van der Waals surface area contributed by atoms with Crippen molar-refractivity contribution in [1.82, 2.24) is 4.98 Å². The molecule has 0 atom stereocenters. The molecule has 0 aliphatic rings. The van der Waals surface area contributed by atoms with E-state index in [9.17, 15) is 9.18 Å². The van der Waals surface area contributed by atoms with Crippen LogP contribution in [0, 0.1) is 5.82 Å². The molecule has 0 saturated heterocycles. The van der Waals surface area contributed by atoms with Crippen molar-refractivity contribution in [2.45, 2.75) is 6.54 Å². The highest BCUT2D eigenvalue weighted by atomic mass is 35.5. The lowest BCUT2D eigenvalue weighted by Gasteiger charge is -2.09. The summed E-state index contributed by atoms with van der Waals surface area (Å²) in [5, 5.41) is 6.53. The van der Waals surface area contributed by atoms with E-state index in [4.69, 9.17) is 11.6 Å². The van der Waals surface area contributed by atoms with Gasteiger partial charge in [0.15, 0.2) is 0 Å². The first kappa shape index (κ1) is 16.9. The SMILES string of the molecule is O=C(Nc1cccc(F)c1)c1cncc(NCc2ccc(Cl)cc2)c1. The van der Waals surface area contributed by atoms with Gasteiger partial charge in [0.2, 0.25) is 0 Å². The van der Waals surface area contributed by atoms with Crippen LogP contribution in [-0.4, -0.2) is 10.9 Å². The Morgan fingerprint density at radius 2 is 1.84 bits per heavy atom. The van der Waals surface area contributed by atoms with Crippen LogP contribution < -0.4 is 10.6 Å². The average molecular weight is 356 g/mol. The first-order valence-electron chi connectivity index (χ1n) is 7.60. The van der Waals surface area contributed by atoms with Crippen LogP contribution in [0.2, 0.25) is 5.02 Å². The van der Waals surface area contributed by atoms with Crippen LogP contribution in [0.25, 0.3) is 0 Å². The molecule has 0 aliphatic heterocycles. The molecule has 126 valence electrons. The molecule has 4 nitrogen and oxygen atoms in total. The Balaban J connectivity index is 1.66. The molecule has 2 N–H and O–H groups in total. The fourth-order valence-electron chi connectivity index (χ4n) is 2.24. The fraction of sp³-hybridized carbons (Fsp3) is 0.0526. The molecule has 0 saturated carbocycles. The monoisotopic (exact) mass is 355 g/mol. The van der Waals surface area contributed by atoms with Gasteiger partial charge in [-0.2, -0.15) is 0 Å². The van der Waals surface area contributed by atoms with Crippen LogP contribution in [-0.2, 0) is 6.54 Å². The molecular formula is C19H15ClFN3O. The maximum atomic E-state index is 13.2. The zero-order chi connectivity index (χ0) is 17.6. The van der Waals surface area contributed by atoms with Crippen LogP contribution in [0.4, 0.5) is 15.8 Å². The largest absolute Gasteiger partial charge is 0.380 e. The van der Waals surface area contributed by atoms with Crippen molar-refractivity contribution in [2.75, 3.05) is 10.6 Å². The highest BCUT2D eigenvalue weighted by Gasteiger charge is 2.08. The second kappa shape index (κ2) is 7.77. The van der Waals surface area contributed by atoms with E-state index in [1.165, 1.54) is 24.4 Å². The number of nitrogens with one attached hydrogen (secondary N) is 2. The third-order valence-electron chi connectivity index (χ3n) is 3.49. The fourth-order valence-corrected chi connectivity index (χ4v) is 2.36. The molecule has 0 bridgehead atoms. The lowest BCUT2D eigenvalue weighted by atomic mass is 10.2. The Bertz CT molecular complexity index is 884. The van der Waals surface area contributed by atoms with E-state index in [2.05, 4.69) is 15.6 Å². The van der Waals surface area contributed by atoms with E-state index < -0.39 is 5.82 Å². The van der Waals surface area contributed by atoms with Crippen molar-refractivity contribution in [1.29, 1.82) is 0 Å². The Morgan fingerprint density at radius 3 is 2.60 bits per heavy atom. The molecule has 25 heavy (non-hydrogen) atoms. The van der Waals surface area contributed by atoms with Crippen molar-refractivity contribution in [3.05, 3.63) is 89.0 Å². The van der Waals surface area contributed by atoms with E-state index in [1.54, 1.807) is 18.3 Å². The number of benzene rings is 2. The first-order valence-corrected chi connectivity index (χ1v) is 7.98. The second-order valence-electron chi connectivity index (χ2n) is 5.41. The van der Waals surface area contributed by atoms with Crippen molar-refractivity contribution < 1.29 is 9.18 Å². The minimum absolute atomic E-state index is 0.353. The van der Waals surface area contributed by atoms with Gasteiger partial charge in [0, 0.05) is 29.6 Å². The number of amides is 1. The van der Waals surface area contributed by atoms with Crippen molar-refractivity contribution in [2.24, 2.45) is 0 Å². The molecule has 0 unspecified atom stereocenters. The van der Waals surface area contributed by atoms with E-state index in [1.807, 2.05) is 24.3 Å². The maximum Gasteiger partial charge on any atom is 0.257 e. The summed E-state index contributed by atoms with van der Waals surface area (Å²) in [5.74, 6) is -0.762. The normalized spacial score (nSPS) is 10.3. The lowest BCUT2D eigenvalue weighted by molar-refractivity contribution is 0.102. The lowest BCUT2D eigenvalue weighted by Crippen LogP contribution is -2.13. The highest BCUT2D eigenvalue weighted by molar-refractivity contribution is 6.30. The summed E-state index contributed by atoms with van der Waals surface area (Å²) < 4.78 is 13.2. The Kier molecular flexibility index (Phi) is 5.26. The van der Waals surface area contributed by atoms with Gasteiger partial charge in [-0.3, -0.25) is 9.78 Å².